The zero-order chi connectivity index (χ0) is 17.3. The van der Waals surface area contributed by atoms with Crippen molar-refractivity contribution in [1.29, 1.82) is 0 Å². The lowest BCUT2D eigenvalue weighted by Gasteiger charge is -2.06. The monoisotopic (exact) mass is 359 g/mol. The molecule has 0 atom stereocenters. The molecule has 0 unspecified atom stereocenters. The van der Waals surface area contributed by atoms with Gasteiger partial charge in [0.05, 0.1) is 17.7 Å². The Morgan fingerprint density at radius 1 is 1.25 bits per heavy atom. The quantitative estimate of drug-likeness (QED) is 0.601. The topological polar surface area (TPSA) is 42.1 Å². The van der Waals surface area contributed by atoms with Crippen LogP contribution in [0.1, 0.15) is 28.5 Å². The first-order valence-electron chi connectivity index (χ1n) is 7.73. The number of halogens is 1. The standard InChI is InChI=1S/C19H18ClNO2S/c1-4-23-19(22)13-6-5-7-14(10-13)24-18-12(3)21-17-11(2)16(20)9-8-15(17)18/h5-10,21H,4H2,1-3H3. The predicted molar refractivity (Wildman–Crippen MR) is 99.3 cm³/mol. The SMILES string of the molecule is CCOC(=O)c1cccc(Sc2c(C)[nH]c3c(C)c(Cl)ccc23)c1. The molecule has 0 radical (unpaired) electrons. The fraction of sp³-hybridized carbons (Fsp3) is 0.211. The molecule has 1 N–H and O–H groups in total. The first-order chi connectivity index (χ1) is 11.5. The number of benzene rings is 2. The zero-order valence-corrected chi connectivity index (χ0v) is 15.3. The lowest BCUT2D eigenvalue weighted by Crippen LogP contribution is -2.04. The fourth-order valence-corrected chi connectivity index (χ4v) is 3.84. The molecule has 124 valence electrons. The second-order valence-corrected chi connectivity index (χ2v) is 7.02. The van der Waals surface area contributed by atoms with E-state index in [9.17, 15) is 4.79 Å². The third-order valence-corrected chi connectivity index (χ3v) is 5.49. The highest BCUT2D eigenvalue weighted by Gasteiger charge is 2.14. The highest BCUT2D eigenvalue weighted by atomic mass is 35.5. The minimum atomic E-state index is -0.293. The van der Waals surface area contributed by atoms with Crippen molar-refractivity contribution >= 4 is 40.2 Å². The predicted octanol–water partition coefficient (Wildman–Crippen LogP) is 5.77. The van der Waals surface area contributed by atoms with Crippen LogP contribution in [0.4, 0.5) is 0 Å². The molecule has 1 heterocycles. The van der Waals surface area contributed by atoms with Gasteiger partial charge in [0, 0.05) is 25.9 Å². The molecule has 0 amide bonds. The first kappa shape index (κ1) is 16.9. The first-order valence-corrected chi connectivity index (χ1v) is 8.93. The summed E-state index contributed by atoms with van der Waals surface area (Å²) < 4.78 is 5.07. The lowest BCUT2D eigenvalue weighted by atomic mass is 10.2. The van der Waals surface area contributed by atoms with Crippen LogP contribution in [0.15, 0.2) is 46.2 Å². The van der Waals surface area contributed by atoms with Gasteiger partial charge >= 0.3 is 5.97 Å². The second kappa shape index (κ2) is 6.91. The molecule has 0 aliphatic rings. The summed E-state index contributed by atoms with van der Waals surface area (Å²) in [5.74, 6) is -0.293. The van der Waals surface area contributed by atoms with Crippen LogP contribution >= 0.6 is 23.4 Å². The summed E-state index contributed by atoms with van der Waals surface area (Å²) in [5.41, 5.74) is 3.76. The molecule has 0 saturated carbocycles. The van der Waals surface area contributed by atoms with Crippen molar-refractivity contribution < 1.29 is 9.53 Å². The van der Waals surface area contributed by atoms with Gasteiger partial charge in [-0.2, -0.15) is 0 Å². The van der Waals surface area contributed by atoms with Crippen LogP contribution in [-0.4, -0.2) is 17.6 Å². The van der Waals surface area contributed by atoms with Crippen LogP contribution in [-0.2, 0) is 4.74 Å². The largest absolute Gasteiger partial charge is 0.462 e. The molecule has 3 rings (SSSR count). The van der Waals surface area contributed by atoms with Gasteiger partial charge in [0.15, 0.2) is 0 Å². The number of H-pyrrole nitrogens is 1. The van der Waals surface area contributed by atoms with Crippen LogP contribution in [0.2, 0.25) is 5.02 Å². The van der Waals surface area contributed by atoms with Crippen LogP contribution in [0.25, 0.3) is 10.9 Å². The average Bonchev–Trinajstić information content (AvgIpc) is 2.88. The summed E-state index contributed by atoms with van der Waals surface area (Å²) in [6.45, 7) is 6.23. The van der Waals surface area contributed by atoms with Crippen molar-refractivity contribution in [3.63, 3.8) is 0 Å². The average molecular weight is 360 g/mol. The lowest BCUT2D eigenvalue weighted by molar-refractivity contribution is 0.0526. The Morgan fingerprint density at radius 2 is 2.04 bits per heavy atom. The number of rotatable bonds is 4. The second-order valence-electron chi connectivity index (χ2n) is 5.52. The molecule has 1 aromatic heterocycles. The molecule has 5 heteroatoms. The van der Waals surface area contributed by atoms with Gasteiger partial charge in [0.25, 0.3) is 0 Å². The van der Waals surface area contributed by atoms with Gasteiger partial charge in [0.2, 0.25) is 0 Å². The van der Waals surface area contributed by atoms with Gasteiger partial charge in [-0.25, -0.2) is 4.79 Å². The highest BCUT2D eigenvalue weighted by Crippen LogP contribution is 2.38. The Bertz CT molecular complexity index is 917. The van der Waals surface area contributed by atoms with E-state index in [0.29, 0.717) is 12.2 Å². The summed E-state index contributed by atoms with van der Waals surface area (Å²) in [5, 5.41) is 1.89. The highest BCUT2D eigenvalue weighted by molar-refractivity contribution is 7.99. The summed E-state index contributed by atoms with van der Waals surface area (Å²) >= 11 is 7.85. The molecule has 3 nitrogen and oxygen atoms in total. The van der Waals surface area contributed by atoms with Crippen LogP contribution in [0.3, 0.4) is 0 Å². The maximum absolute atomic E-state index is 11.9. The number of nitrogens with one attached hydrogen (secondary N) is 1. The van der Waals surface area contributed by atoms with Gasteiger partial charge in [0.1, 0.15) is 0 Å². The molecular weight excluding hydrogens is 342 g/mol. The molecule has 0 aliphatic carbocycles. The van der Waals surface area contributed by atoms with E-state index in [1.807, 2.05) is 44.2 Å². The summed E-state index contributed by atoms with van der Waals surface area (Å²) in [7, 11) is 0. The summed E-state index contributed by atoms with van der Waals surface area (Å²) in [6, 6.07) is 11.5. The van der Waals surface area contributed by atoms with Crippen molar-refractivity contribution in [1.82, 2.24) is 4.98 Å². The smallest absolute Gasteiger partial charge is 0.338 e. The van der Waals surface area contributed by atoms with Gasteiger partial charge < -0.3 is 9.72 Å². The Kier molecular flexibility index (Phi) is 4.88. The minimum Gasteiger partial charge on any atom is -0.462 e. The Balaban J connectivity index is 1.99. The molecule has 2 aromatic carbocycles. The molecule has 0 fully saturated rings. The number of esters is 1. The minimum absolute atomic E-state index is 0.293. The Hall–Kier alpha value is -1.91. The van der Waals surface area contributed by atoms with E-state index in [1.165, 1.54) is 0 Å². The molecule has 0 bridgehead atoms. The van der Waals surface area contributed by atoms with Gasteiger partial charge in [-0.1, -0.05) is 35.5 Å². The molecule has 0 saturated heterocycles. The van der Waals surface area contributed by atoms with Gasteiger partial charge in [-0.15, -0.1) is 0 Å². The Labute approximate surface area is 150 Å². The van der Waals surface area contributed by atoms with Crippen LogP contribution in [0, 0.1) is 13.8 Å². The number of hydrogen-bond acceptors (Lipinski definition) is 3. The molecule has 0 aliphatic heterocycles. The number of fused-ring (bicyclic) bond motifs is 1. The van der Waals surface area contributed by atoms with Gasteiger partial charge in [-0.3, -0.25) is 0 Å². The Morgan fingerprint density at radius 3 is 2.79 bits per heavy atom. The molecule has 24 heavy (non-hydrogen) atoms. The van der Waals surface area contributed by atoms with Crippen LogP contribution < -0.4 is 0 Å². The number of aromatic amines is 1. The molecular formula is C19H18ClNO2S. The molecule has 3 aromatic rings. The summed E-state index contributed by atoms with van der Waals surface area (Å²) in [6.07, 6.45) is 0. The normalized spacial score (nSPS) is 11.0. The number of aromatic nitrogens is 1. The van der Waals surface area contributed by atoms with E-state index >= 15 is 0 Å². The molecule has 0 spiro atoms. The van der Waals surface area contributed by atoms with Gasteiger partial charge in [-0.05, 0) is 50.6 Å². The van der Waals surface area contributed by atoms with Crippen molar-refractivity contribution in [2.24, 2.45) is 0 Å². The van der Waals surface area contributed by atoms with E-state index in [4.69, 9.17) is 16.3 Å². The number of ether oxygens (including phenoxy) is 1. The van der Waals surface area contributed by atoms with Crippen molar-refractivity contribution in [3.05, 3.63) is 58.2 Å². The van der Waals surface area contributed by atoms with E-state index in [0.717, 1.165) is 37.0 Å². The fourth-order valence-electron chi connectivity index (χ4n) is 2.63. The van der Waals surface area contributed by atoms with E-state index in [2.05, 4.69) is 4.98 Å². The number of aryl methyl sites for hydroxylation is 2. The maximum atomic E-state index is 11.9. The maximum Gasteiger partial charge on any atom is 0.338 e. The number of hydrogen-bond donors (Lipinski definition) is 1. The third-order valence-electron chi connectivity index (χ3n) is 3.86. The zero-order valence-electron chi connectivity index (χ0n) is 13.8. The van der Waals surface area contributed by atoms with E-state index in [-0.39, 0.29) is 5.97 Å². The van der Waals surface area contributed by atoms with Crippen molar-refractivity contribution in [3.8, 4) is 0 Å². The van der Waals surface area contributed by atoms with E-state index in [1.54, 1.807) is 24.8 Å². The third kappa shape index (κ3) is 3.17. The van der Waals surface area contributed by atoms with Crippen molar-refractivity contribution in [2.45, 2.75) is 30.6 Å². The van der Waals surface area contributed by atoms with Crippen molar-refractivity contribution in [2.75, 3.05) is 6.61 Å². The number of carbonyl (C=O) groups excluding carboxylic acids is 1. The van der Waals surface area contributed by atoms with Crippen LogP contribution in [0.5, 0.6) is 0 Å². The van der Waals surface area contributed by atoms with E-state index < -0.39 is 0 Å². The number of carbonyl (C=O) groups is 1. The summed E-state index contributed by atoms with van der Waals surface area (Å²) in [4.78, 5) is 17.5.